The molecule has 0 amide bonds. The molecule has 1 saturated heterocycles. The van der Waals surface area contributed by atoms with E-state index in [1.165, 1.54) is 22.2 Å². The van der Waals surface area contributed by atoms with E-state index in [1.807, 2.05) is 12.3 Å². The van der Waals surface area contributed by atoms with Crippen LogP contribution in [0.1, 0.15) is 11.1 Å². The summed E-state index contributed by atoms with van der Waals surface area (Å²) >= 11 is 0. The van der Waals surface area contributed by atoms with Crippen molar-refractivity contribution in [1.29, 1.82) is 0 Å². The van der Waals surface area contributed by atoms with Crippen molar-refractivity contribution in [2.75, 3.05) is 37.6 Å². The third kappa shape index (κ3) is 3.83. The van der Waals surface area contributed by atoms with Crippen LogP contribution in [0.25, 0.3) is 10.9 Å². The van der Waals surface area contributed by atoms with Crippen LogP contribution in [0.4, 0.5) is 5.69 Å². The van der Waals surface area contributed by atoms with Crippen LogP contribution in [0, 0.1) is 6.92 Å². The van der Waals surface area contributed by atoms with Gasteiger partial charge in [0.15, 0.2) is 0 Å². The predicted octanol–water partition coefficient (Wildman–Crippen LogP) is 3.91. The Morgan fingerprint density at radius 3 is 2.64 bits per heavy atom. The van der Waals surface area contributed by atoms with Crippen LogP contribution in [0.5, 0.6) is 0 Å². The molecule has 128 valence electrons. The summed E-state index contributed by atoms with van der Waals surface area (Å²) in [5.41, 5.74) is 5.19. The minimum atomic E-state index is 1.08. The van der Waals surface area contributed by atoms with Crippen molar-refractivity contribution in [1.82, 2.24) is 9.88 Å². The fourth-order valence-corrected chi connectivity index (χ4v) is 3.62. The first-order valence-electron chi connectivity index (χ1n) is 9.15. The first kappa shape index (κ1) is 16.1. The molecule has 3 nitrogen and oxygen atoms in total. The standard InChI is InChI=1S/C22H25N3/c1-18-4-2-6-21(16-18)25-14-12-24(13-15-25)11-9-19-7-8-22-20(17-19)5-3-10-23-22/h2-8,10,16-17H,9,11-15H2,1H3. The third-order valence-electron chi connectivity index (χ3n) is 5.12. The molecule has 0 radical (unpaired) electrons. The van der Waals surface area contributed by atoms with Gasteiger partial charge in [0.25, 0.3) is 0 Å². The second-order valence-corrected chi connectivity index (χ2v) is 6.95. The van der Waals surface area contributed by atoms with Crippen molar-refractivity contribution in [2.45, 2.75) is 13.3 Å². The van der Waals surface area contributed by atoms with Crippen molar-refractivity contribution in [3.8, 4) is 0 Å². The van der Waals surface area contributed by atoms with E-state index in [9.17, 15) is 0 Å². The first-order valence-corrected chi connectivity index (χ1v) is 9.15. The second-order valence-electron chi connectivity index (χ2n) is 6.95. The van der Waals surface area contributed by atoms with Crippen molar-refractivity contribution in [3.05, 3.63) is 71.9 Å². The van der Waals surface area contributed by atoms with Gasteiger partial charge in [-0.1, -0.05) is 24.3 Å². The molecule has 2 heterocycles. The maximum Gasteiger partial charge on any atom is 0.0702 e. The number of aryl methyl sites for hydroxylation is 1. The zero-order valence-electron chi connectivity index (χ0n) is 14.9. The Bertz CT molecular complexity index is 851. The maximum atomic E-state index is 4.40. The zero-order valence-corrected chi connectivity index (χ0v) is 14.9. The lowest BCUT2D eigenvalue weighted by atomic mass is 10.1. The normalized spacial score (nSPS) is 15.6. The smallest absolute Gasteiger partial charge is 0.0702 e. The van der Waals surface area contributed by atoms with E-state index in [1.54, 1.807) is 0 Å². The lowest BCUT2D eigenvalue weighted by Gasteiger charge is -2.36. The summed E-state index contributed by atoms with van der Waals surface area (Å²) in [5.74, 6) is 0. The largest absolute Gasteiger partial charge is 0.369 e. The fraction of sp³-hybridized carbons (Fsp3) is 0.318. The van der Waals surface area contributed by atoms with Crippen LogP contribution >= 0.6 is 0 Å². The number of fused-ring (bicyclic) bond motifs is 1. The summed E-state index contributed by atoms with van der Waals surface area (Å²) in [7, 11) is 0. The summed E-state index contributed by atoms with van der Waals surface area (Å²) in [6.45, 7) is 7.81. The van der Waals surface area contributed by atoms with Gasteiger partial charge in [0.2, 0.25) is 0 Å². The van der Waals surface area contributed by atoms with Crippen LogP contribution in [0.2, 0.25) is 0 Å². The summed E-state index contributed by atoms with van der Waals surface area (Å²) in [6.07, 6.45) is 2.96. The molecule has 0 saturated carbocycles. The van der Waals surface area contributed by atoms with Gasteiger partial charge in [-0.15, -0.1) is 0 Å². The van der Waals surface area contributed by atoms with Gasteiger partial charge < -0.3 is 4.90 Å². The second kappa shape index (κ2) is 7.24. The molecule has 0 bridgehead atoms. The number of hydrogen-bond donors (Lipinski definition) is 0. The molecule has 0 spiro atoms. The molecule has 0 aliphatic carbocycles. The third-order valence-corrected chi connectivity index (χ3v) is 5.12. The van der Waals surface area contributed by atoms with Crippen LogP contribution in [0.15, 0.2) is 60.8 Å². The molecular formula is C22H25N3. The highest BCUT2D eigenvalue weighted by Gasteiger charge is 2.17. The van der Waals surface area contributed by atoms with E-state index in [0.717, 1.165) is 44.7 Å². The van der Waals surface area contributed by atoms with Gasteiger partial charge in [0.05, 0.1) is 5.52 Å². The SMILES string of the molecule is Cc1cccc(N2CCN(CCc3ccc4ncccc4c3)CC2)c1. The number of nitrogens with zero attached hydrogens (tertiary/aromatic N) is 3. The van der Waals surface area contributed by atoms with Gasteiger partial charge in [-0.25, -0.2) is 0 Å². The number of pyridine rings is 1. The number of anilines is 1. The number of rotatable bonds is 4. The van der Waals surface area contributed by atoms with Crippen molar-refractivity contribution >= 4 is 16.6 Å². The molecule has 1 aromatic heterocycles. The Kier molecular flexibility index (Phi) is 4.66. The number of aromatic nitrogens is 1. The zero-order chi connectivity index (χ0) is 17.1. The lowest BCUT2D eigenvalue weighted by molar-refractivity contribution is 0.261. The number of piperazine rings is 1. The molecule has 1 fully saturated rings. The topological polar surface area (TPSA) is 19.4 Å². The summed E-state index contributed by atoms with van der Waals surface area (Å²) in [4.78, 5) is 9.49. The van der Waals surface area contributed by atoms with Crippen molar-refractivity contribution < 1.29 is 0 Å². The molecule has 3 heteroatoms. The highest BCUT2D eigenvalue weighted by molar-refractivity contribution is 5.78. The van der Waals surface area contributed by atoms with Crippen LogP contribution in [-0.2, 0) is 6.42 Å². The monoisotopic (exact) mass is 331 g/mol. The van der Waals surface area contributed by atoms with Gasteiger partial charge >= 0.3 is 0 Å². The lowest BCUT2D eigenvalue weighted by Crippen LogP contribution is -2.47. The van der Waals surface area contributed by atoms with E-state index in [4.69, 9.17) is 0 Å². The average Bonchev–Trinajstić information content (AvgIpc) is 2.66. The summed E-state index contributed by atoms with van der Waals surface area (Å²) in [5, 5.41) is 1.24. The van der Waals surface area contributed by atoms with Crippen LogP contribution in [-0.4, -0.2) is 42.6 Å². The molecule has 1 aliphatic rings. The maximum absolute atomic E-state index is 4.40. The predicted molar refractivity (Wildman–Crippen MR) is 105 cm³/mol. The fourth-order valence-electron chi connectivity index (χ4n) is 3.62. The van der Waals surface area contributed by atoms with Crippen LogP contribution in [0.3, 0.4) is 0 Å². The van der Waals surface area contributed by atoms with Gasteiger partial charge in [-0.05, 0) is 54.8 Å². The number of hydrogen-bond acceptors (Lipinski definition) is 3. The first-order chi connectivity index (χ1) is 12.3. The Labute approximate surface area is 149 Å². The molecule has 3 aromatic rings. The Balaban J connectivity index is 1.32. The van der Waals surface area contributed by atoms with Crippen molar-refractivity contribution in [3.63, 3.8) is 0 Å². The Morgan fingerprint density at radius 2 is 1.80 bits per heavy atom. The van der Waals surface area contributed by atoms with Gasteiger partial charge in [-0.2, -0.15) is 0 Å². The molecule has 0 atom stereocenters. The molecule has 2 aromatic carbocycles. The summed E-state index contributed by atoms with van der Waals surface area (Å²) < 4.78 is 0. The Hall–Kier alpha value is -2.39. The minimum Gasteiger partial charge on any atom is -0.369 e. The Morgan fingerprint density at radius 1 is 0.920 bits per heavy atom. The molecular weight excluding hydrogens is 306 g/mol. The molecule has 1 aliphatic heterocycles. The van der Waals surface area contributed by atoms with Gasteiger partial charge in [-0.3, -0.25) is 9.88 Å². The van der Waals surface area contributed by atoms with Crippen LogP contribution < -0.4 is 4.90 Å². The van der Waals surface area contributed by atoms with Crippen molar-refractivity contribution in [2.24, 2.45) is 0 Å². The number of benzene rings is 2. The van der Waals surface area contributed by atoms with E-state index < -0.39 is 0 Å². The van der Waals surface area contributed by atoms with E-state index in [2.05, 4.69) is 70.2 Å². The average molecular weight is 331 g/mol. The molecule has 25 heavy (non-hydrogen) atoms. The minimum absolute atomic E-state index is 1.08. The van der Waals surface area contributed by atoms with E-state index >= 15 is 0 Å². The van der Waals surface area contributed by atoms with Gasteiger partial charge in [0.1, 0.15) is 0 Å². The van der Waals surface area contributed by atoms with Gasteiger partial charge in [0, 0.05) is 50.0 Å². The quantitative estimate of drug-likeness (QED) is 0.722. The van der Waals surface area contributed by atoms with E-state index in [-0.39, 0.29) is 0 Å². The molecule has 0 unspecified atom stereocenters. The highest BCUT2D eigenvalue weighted by Crippen LogP contribution is 2.18. The molecule has 4 rings (SSSR count). The highest BCUT2D eigenvalue weighted by atomic mass is 15.3. The van der Waals surface area contributed by atoms with E-state index in [0.29, 0.717) is 0 Å². The molecule has 0 N–H and O–H groups in total. The summed E-state index contributed by atoms with van der Waals surface area (Å²) in [6, 6.07) is 19.6.